The second-order valence-corrected chi connectivity index (χ2v) is 4.34. The predicted octanol–water partition coefficient (Wildman–Crippen LogP) is 1.52. The Morgan fingerprint density at radius 1 is 1.29 bits per heavy atom. The molecule has 2 N–H and O–H groups in total. The lowest BCUT2D eigenvalue weighted by Gasteiger charge is -2.23. The third kappa shape index (κ3) is 5.82. The topological polar surface area (TPSA) is 38.5 Å². The van der Waals surface area contributed by atoms with Gasteiger partial charge in [0.2, 0.25) is 0 Å². The van der Waals surface area contributed by atoms with Gasteiger partial charge in [-0.25, -0.2) is 0 Å². The summed E-state index contributed by atoms with van der Waals surface area (Å²) in [7, 11) is 1.73. The van der Waals surface area contributed by atoms with Crippen LogP contribution in [0.25, 0.3) is 0 Å². The molecular formula is C14H24N2O. The molecule has 1 aromatic rings. The quantitative estimate of drug-likeness (QED) is 0.744. The van der Waals surface area contributed by atoms with Gasteiger partial charge in [0.15, 0.2) is 0 Å². The van der Waals surface area contributed by atoms with Crippen molar-refractivity contribution in [2.45, 2.75) is 19.4 Å². The van der Waals surface area contributed by atoms with Crippen LogP contribution in [0.2, 0.25) is 0 Å². The highest BCUT2D eigenvalue weighted by Crippen LogP contribution is 2.03. The van der Waals surface area contributed by atoms with Crippen molar-refractivity contribution in [1.82, 2.24) is 4.90 Å². The van der Waals surface area contributed by atoms with Crippen LogP contribution in [-0.4, -0.2) is 44.3 Å². The summed E-state index contributed by atoms with van der Waals surface area (Å²) in [5.41, 5.74) is 7.48. The van der Waals surface area contributed by atoms with Gasteiger partial charge in [-0.1, -0.05) is 37.3 Å². The van der Waals surface area contributed by atoms with Gasteiger partial charge in [-0.15, -0.1) is 0 Å². The van der Waals surface area contributed by atoms with Crippen molar-refractivity contribution in [2.75, 3.05) is 33.4 Å². The van der Waals surface area contributed by atoms with E-state index in [0.717, 1.165) is 32.7 Å². The van der Waals surface area contributed by atoms with Crippen molar-refractivity contribution in [1.29, 1.82) is 0 Å². The summed E-state index contributed by atoms with van der Waals surface area (Å²) < 4.78 is 5.09. The number of nitrogens with two attached hydrogens (primary N) is 1. The summed E-state index contributed by atoms with van der Waals surface area (Å²) in [6.45, 7) is 5.83. The Hall–Kier alpha value is -0.900. The van der Waals surface area contributed by atoms with Crippen molar-refractivity contribution in [2.24, 2.45) is 5.73 Å². The zero-order chi connectivity index (χ0) is 12.5. The lowest BCUT2D eigenvalue weighted by atomic mass is 10.1. The van der Waals surface area contributed by atoms with E-state index in [1.165, 1.54) is 5.56 Å². The molecule has 0 heterocycles. The van der Waals surface area contributed by atoms with Crippen LogP contribution in [0.3, 0.4) is 0 Å². The molecule has 17 heavy (non-hydrogen) atoms. The molecular weight excluding hydrogens is 212 g/mol. The van der Waals surface area contributed by atoms with E-state index in [9.17, 15) is 0 Å². The molecule has 1 rings (SSSR count). The molecule has 0 saturated carbocycles. The van der Waals surface area contributed by atoms with Gasteiger partial charge in [0.1, 0.15) is 0 Å². The van der Waals surface area contributed by atoms with E-state index in [1.807, 2.05) is 6.07 Å². The fourth-order valence-electron chi connectivity index (χ4n) is 1.91. The van der Waals surface area contributed by atoms with Crippen LogP contribution in [0.1, 0.15) is 12.5 Å². The van der Waals surface area contributed by atoms with E-state index in [4.69, 9.17) is 10.5 Å². The highest BCUT2D eigenvalue weighted by Gasteiger charge is 2.09. The normalized spacial score (nSPS) is 12.9. The van der Waals surface area contributed by atoms with Gasteiger partial charge >= 0.3 is 0 Å². The summed E-state index contributed by atoms with van der Waals surface area (Å²) in [5, 5.41) is 0. The molecule has 0 radical (unpaired) electrons. The Morgan fingerprint density at radius 2 is 2.00 bits per heavy atom. The van der Waals surface area contributed by atoms with Crippen LogP contribution in [-0.2, 0) is 11.2 Å². The lowest BCUT2D eigenvalue weighted by Crippen LogP contribution is -2.40. The molecule has 1 atom stereocenters. The number of nitrogens with zero attached hydrogens (tertiary/aromatic N) is 1. The third-order valence-corrected chi connectivity index (χ3v) is 2.89. The molecule has 0 spiro atoms. The fraction of sp³-hybridized carbons (Fsp3) is 0.571. The first kappa shape index (κ1) is 14.2. The van der Waals surface area contributed by atoms with Crippen molar-refractivity contribution in [3.05, 3.63) is 35.9 Å². The van der Waals surface area contributed by atoms with E-state index < -0.39 is 0 Å². The largest absolute Gasteiger partial charge is 0.383 e. The summed E-state index contributed by atoms with van der Waals surface area (Å²) in [6.07, 6.45) is 0.935. The van der Waals surface area contributed by atoms with Crippen molar-refractivity contribution in [3.8, 4) is 0 Å². The molecule has 0 aliphatic carbocycles. The SMILES string of the molecule is CCN(CCOC)CC(N)Cc1ccccc1. The second kappa shape index (κ2) is 8.23. The van der Waals surface area contributed by atoms with Crippen LogP contribution in [0.5, 0.6) is 0 Å². The van der Waals surface area contributed by atoms with Crippen molar-refractivity contribution < 1.29 is 4.74 Å². The van der Waals surface area contributed by atoms with Gasteiger partial charge in [0.25, 0.3) is 0 Å². The minimum atomic E-state index is 0.189. The first-order chi connectivity index (χ1) is 8.26. The maximum absolute atomic E-state index is 6.17. The maximum atomic E-state index is 6.17. The zero-order valence-corrected chi connectivity index (χ0v) is 10.9. The minimum Gasteiger partial charge on any atom is -0.383 e. The number of ether oxygens (including phenoxy) is 1. The lowest BCUT2D eigenvalue weighted by molar-refractivity contribution is 0.147. The third-order valence-electron chi connectivity index (χ3n) is 2.89. The van der Waals surface area contributed by atoms with Gasteiger partial charge in [-0.3, -0.25) is 4.90 Å². The minimum absolute atomic E-state index is 0.189. The molecule has 96 valence electrons. The number of benzene rings is 1. The number of rotatable bonds is 8. The van der Waals surface area contributed by atoms with E-state index in [0.29, 0.717) is 0 Å². The van der Waals surface area contributed by atoms with Crippen LogP contribution in [0.4, 0.5) is 0 Å². The Bertz CT molecular complexity index is 290. The standard InChI is InChI=1S/C14H24N2O/c1-3-16(9-10-17-2)12-14(15)11-13-7-5-4-6-8-13/h4-8,14H,3,9-12,15H2,1-2H3. The molecule has 0 aliphatic heterocycles. The molecule has 0 amide bonds. The molecule has 3 nitrogen and oxygen atoms in total. The smallest absolute Gasteiger partial charge is 0.0589 e. The van der Waals surface area contributed by atoms with Crippen LogP contribution < -0.4 is 5.73 Å². The highest BCUT2D eigenvalue weighted by atomic mass is 16.5. The monoisotopic (exact) mass is 236 g/mol. The molecule has 1 unspecified atom stereocenters. The van der Waals surface area contributed by atoms with Gasteiger partial charge in [-0.05, 0) is 18.5 Å². The van der Waals surface area contributed by atoms with Crippen molar-refractivity contribution >= 4 is 0 Å². The molecule has 0 aliphatic rings. The molecule has 0 saturated heterocycles. The molecule has 0 aromatic heterocycles. The van der Waals surface area contributed by atoms with Gasteiger partial charge < -0.3 is 10.5 Å². The Labute approximate surface area is 105 Å². The molecule has 0 bridgehead atoms. The van der Waals surface area contributed by atoms with Crippen LogP contribution >= 0.6 is 0 Å². The zero-order valence-electron chi connectivity index (χ0n) is 10.9. The summed E-state index contributed by atoms with van der Waals surface area (Å²) in [5.74, 6) is 0. The number of hydrogen-bond donors (Lipinski definition) is 1. The van der Waals surface area contributed by atoms with E-state index in [-0.39, 0.29) is 6.04 Å². The maximum Gasteiger partial charge on any atom is 0.0589 e. The highest BCUT2D eigenvalue weighted by molar-refractivity contribution is 5.15. The predicted molar refractivity (Wildman–Crippen MR) is 72.1 cm³/mol. The average molecular weight is 236 g/mol. The number of likely N-dealkylation sites (N-methyl/N-ethyl adjacent to an activating group) is 1. The average Bonchev–Trinajstić information content (AvgIpc) is 2.35. The first-order valence-electron chi connectivity index (χ1n) is 6.27. The van der Waals surface area contributed by atoms with E-state index >= 15 is 0 Å². The molecule has 0 fully saturated rings. The molecule has 1 aromatic carbocycles. The summed E-state index contributed by atoms with van der Waals surface area (Å²) in [4.78, 5) is 2.33. The van der Waals surface area contributed by atoms with Crippen molar-refractivity contribution in [3.63, 3.8) is 0 Å². The Balaban J connectivity index is 2.34. The van der Waals surface area contributed by atoms with E-state index in [1.54, 1.807) is 7.11 Å². The van der Waals surface area contributed by atoms with Gasteiger partial charge in [0.05, 0.1) is 6.61 Å². The Morgan fingerprint density at radius 3 is 2.59 bits per heavy atom. The summed E-state index contributed by atoms with van der Waals surface area (Å²) in [6, 6.07) is 10.6. The van der Waals surface area contributed by atoms with Crippen LogP contribution in [0, 0.1) is 0 Å². The summed E-state index contributed by atoms with van der Waals surface area (Å²) >= 11 is 0. The second-order valence-electron chi connectivity index (χ2n) is 4.34. The number of methoxy groups -OCH3 is 1. The van der Waals surface area contributed by atoms with Crippen LogP contribution in [0.15, 0.2) is 30.3 Å². The molecule has 3 heteroatoms. The number of hydrogen-bond acceptors (Lipinski definition) is 3. The van der Waals surface area contributed by atoms with Gasteiger partial charge in [0, 0.05) is 26.2 Å². The van der Waals surface area contributed by atoms with Gasteiger partial charge in [-0.2, -0.15) is 0 Å². The Kier molecular flexibility index (Phi) is 6.86. The first-order valence-corrected chi connectivity index (χ1v) is 6.27. The van der Waals surface area contributed by atoms with E-state index in [2.05, 4.69) is 36.1 Å². The fourth-order valence-corrected chi connectivity index (χ4v) is 1.91.